The summed E-state index contributed by atoms with van der Waals surface area (Å²) in [6.45, 7) is 0.715. The molecule has 3 rings (SSSR count). The maximum Gasteiger partial charge on any atom is 0.416 e. The summed E-state index contributed by atoms with van der Waals surface area (Å²) >= 11 is 0. The third-order valence-electron chi connectivity index (χ3n) is 4.88. The molecule has 0 aromatic heterocycles. The van der Waals surface area contributed by atoms with E-state index in [-0.39, 0.29) is 23.0 Å². The fourth-order valence-corrected chi connectivity index (χ4v) is 3.49. The molecular formula is C20H19F3N2O2. The Labute approximate surface area is 154 Å². The predicted molar refractivity (Wildman–Crippen MR) is 94.3 cm³/mol. The highest BCUT2D eigenvalue weighted by atomic mass is 19.4. The van der Waals surface area contributed by atoms with Crippen molar-refractivity contribution >= 4 is 11.8 Å². The molecule has 0 radical (unpaired) electrons. The first-order valence-electron chi connectivity index (χ1n) is 8.62. The van der Waals surface area contributed by atoms with Gasteiger partial charge >= 0.3 is 6.18 Å². The number of primary amides is 1. The maximum absolute atomic E-state index is 13.2. The number of nitrogens with two attached hydrogens (primary N) is 1. The quantitative estimate of drug-likeness (QED) is 0.885. The van der Waals surface area contributed by atoms with Gasteiger partial charge in [0.2, 0.25) is 5.91 Å². The van der Waals surface area contributed by atoms with Crippen LogP contribution in [0.5, 0.6) is 0 Å². The van der Waals surface area contributed by atoms with Crippen LogP contribution in [-0.4, -0.2) is 29.8 Å². The SMILES string of the molecule is NC(=O)c1cccc(C(=O)N2CCC(c3ccccc3C(F)(F)F)CC2)c1. The lowest BCUT2D eigenvalue weighted by molar-refractivity contribution is -0.138. The van der Waals surface area contributed by atoms with Gasteiger partial charge in [0.15, 0.2) is 0 Å². The number of piperidine rings is 1. The van der Waals surface area contributed by atoms with Crippen molar-refractivity contribution in [3.05, 3.63) is 70.8 Å². The number of amides is 2. The summed E-state index contributed by atoms with van der Waals surface area (Å²) in [5, 5.41) is 0. The van der Waals surface area contributed by atoms with Gasteiger partial charge in [-0.05, 0) is 48.6 Å². The molecule has 0 spiro atoms. The zero-order valence-electron chi connectivity index (χ0n) is 14.5. The number of nitrogens with zero attached hydrogens (tertiary/aromatic N) is 1. The van der Waals surface area contributed by atoms with Crippen LogP contribution in [0.3, 0.4) is 0 Å². The molecule has 1 saturated heterocycles. The minimum absolute atomic E-state index is 0.245. The maximum atomic E-state index is 13.2. The second-order valence-corrected chi connectivity index (χ2v) is 6.60. The highest BCUT2D eigenvalue weighted by Crippen LogP contribution is 2.38. The summed E-state index contributed by atoms with van der Waals surface area (Å²) in [4.78, 5) is 25.5. The molecule has 0 aliphatic carbocycles. The van der Waals surface area contributed by atoms with Crippen molar-refractivity contribution in [3.8, 4) is 0 Å². The van der Waals surface area contributed by atoms with Crippen LogP contribution in [0.2, 0.25) is 0 Å². The predicted octanol–water partition coefficient (Wildman–Crippen LogP) is 3.82. The molecule has 1 fully saturated rings. The van der Waals surface area contributed by atoms with Gasteiger partial charge in [0.25, 0.3) is 5.91 Å². The Morgan fingerprint density at radius 2 is 1.59 bits per heavy atom. The summed E-state index contributed by atoms with van der Waals surface area (Å²) in [5.41, 5.74) is 5.51. The van der Waals surface area contributed by atoms with Crippen molar-refractivity contribution < 1.29 is 22.8 Å². The summed E-state index contributed by atoms with van der Waals surface area (Å²) < 4.78 is 39.7. The fourth-order valence-electron chi connectivity index (χ4n) is 3.49. The molecule has 1 aliphatic rings. The summed E-state index contributed by atoms with van der Waals surface area (Å²) in [5.74, 6) is -1.11. The van der Waals surface area contributed by atoms with Crippen molar-refractivity contribution in [2.75, 3.05) is 13.1 Å². The van der Waals surface area contributed by atoms with E-state index in [4.69, 9.17) is 5.73 Å². The van der Waals surface area contributed by atoms with Gasteiger partial charge in [-0.15, -0.1) is 0 Å². The molecule has 2 amide bonds. The van der Waals surface area contributed by atoms with Crippen molar-refractivity contribution in [1.29, 1.82) is 0 Å². The lowest BCUT2D eigenvalue weighted by atomic mass is 9.86. The fraction of sp³-hybridized carbons (Fsp3) is 0.300. The molecule has 27 heavy (non-hydrogen) atoms. The molecule has 4 nitrogen and oxygen atoms in total. The monoisotopic (exact) mass is 376 g/mol. The Hall–Kier alpha value is -2.83. The summed E-state index contributed by atoms with van der Waals surface area (Å²) in [6, 6.07) is 11.8. The van der Waals surface area contributed by atoms with E-state index in [2.05, 4.69) is 0 Å². The van der Waals surface area contributed by atoms with Gasteiger partial charge in [0, 0.05) is 24.2 Å². The molecule has 2 N–H and O–H groups in total. The van der Waals surface area contributed by atoms with E-state index in [0.717, 1.165) is 6.07 Å². The second kappa shape index (κ2) is 7.42. The molecule has 2 aromatic rings. The average Bonchev–Trinajstić information content (AvgIpc) is 2.67. The Kier molecular flexibility index (Phi) is 5.21. The molecule has 0 unspecified atom stereocenters. The Morgan fingerprint density at radius 1 is 0.963 bits per heavy atom. The summed E-state index contributed by atoms with van der Waals surface area (Å²) in [7, 11) is 0. The zero-order valence-corrected chi connectivity index (χ0v) is 14.5. The Bertz CT molecular complexity index is 856. The Morgan fingerprint density at radius 3 is 2.22 bits per heavy atom. The molecule has 1 heterocycles. The van der Waals surface area contributed by atoms with Crippen molar-refractivity contribution in [3.63, 3.8) is 0 Å². The number of benzene rings is 2. The molecule has 0 atom stereocenters. The van der Waals surface area contributed by atoms with Crippen LogP contribution in [0.4, 0.5) is 13.2 Å². The van der Waals surface area contributed by atoms with Gasteiger partial charge in [-0.25, -0.2) is 0 Å². The molecule has 7 heteroatoms. The number of carbonyl (C=O) groups is 2. The largest absolute Gasteiger partial charge is 0.416 e. The number of hydrogen-bond donors (Lipinski definition) is 1. The highest BCUT2D eigenvalue weighted by Gasteiger charge is 2.36. The van der Waals surface area contributed by atoms with E-state index in [0.29, 0.717) is 31.5 Å². The van der Waals surface area contributed by atoms with Crippen molar-refractivity contribution in [2.24, 2.45) is 5.73 Å². The van der Waals surface area contributed by atoms with Crippen molar-refractivity contribution in [1.82, 2.24) is 4.90 Å². The summed E-state index contributed by atoms with van der Waals surface area (Å²) in [6.07, 6.45) is -3.48. The van der Waals surface area contributed by atoms with E-state index in [1.807, 2.05) is 0 Å². The molecule has 0 bridgehead atoms. The first-order chi connectivity index (χ1) is 12.8. The van der Waals surface area contributed by atoms with Gasteiger partial charge < -0.3 is 10.6 Å². The molecule has 0 saturated carbocycles. The number of carbonyl (C=O) groups excluding carboxylic acids is 2. The van der Waals surface area contributed by atoms with Crippen LogP contribution in [0.25, 0.3) is 0 Å². The van der Waals surface area contributed by atoms with E-state index in [1.54, 1.807) is 23.1 Å². The number of likely N-dealkylation sites (tertiary alicyclic amines) is 1. The molecule has 142 valence electrons. The van der Waals surface area contributed by atoms with Crippen LogP contribution in [0.15, 0.2) is 48.5 Å². The zero-order chi connectivity index (χ0) is 19.6. The highest BCUT2D eigenvalue weighted by molar-refractivity contribution is 5.99. The van der Waals surface area contributed by atoms with E-state index in [9.17, 15) is 22.8 Å². The average molecular weight is 376 g/mol. The molecule has 1 aliphatic heterocycles. The number of rotatable bonds is 3. The third kappa shape index (κ3) is 4.13. The minimum atomic E-state index is -4.39. The number of alkyl halides is 3. The van der Waals surface area contributed by atoms with E-state index >= 15 is 0 Å². The van der Waals surface area contributed by atoms with E-state index in [1.165, 1.54) is 24.3 Å². The van der Waals surface area contributed by atoms with Crippen LogP contribution in [0, 0.1) is 0 Å². The van der Waals surface area contributed by atoms with Gasteiger partial charge in [-0.2, -0.15) is 13.2 Å². The Balaban J connectivity index is 1.72. The normalized spacial score (nSPS) is 15.6. The first-order valence-corrected chi connectivity index (χ1v) is 8.62. The lowest BCUT2D eigenvalue weighted by Crippen LogP contribution is -2.38. The molecule has 2 aromatic carbocycles. The van der Waals surface area contributed by atoms with Crippen LogP contribution < -0.4 is 5.73 Å². The smallest absolute Gasteiger partial charge is 0.366 e. The van der Waals surface area contributed by atoms with Gasteiger partial charge in [0.1, 0.15) is 0 Å². The van der Waals surface area contributed by atoms with Gasteiger partial charge in [-0.1, -0.05) is 24.3 Å². The van der Waals surface area contributed by atoms with Gasteiger partial charge in [0.05, 0.1) is 5.56 Å². The van der Waals surface area contributed by atoms with Crippen LogP contribution in [-0.2, 0) is 6.18 Å². The minimum Gasteiger partial charge on any atom is -0.366 e. The molecular weight excluding hydrogens is 357 g/mol. The van der Waals surface area contributed by atoms with Gasteiger partial charge in [-0.3, -0.25) is 9.59 Å². The number of hydrogen-bond acceptors (Lipinski definition) is 2. The second-order valence-electron chi connectivity index (χ2n) is 6.60. The van der Waals surface area contributed by atoms with Crippen molar-refractivity contribution in [2.45, 2.75) is 24.9 Å². The standard InChI is InChI=1S/C20H19F3N2O2/c21-20(22,23)17-7-2-1-6-16(17)13-8-10-25(11-9-13)19(27)15-5-3-4-14(12-15)18(24)26/h1-7,12-13H,8-11H2,(H2,24,26). The van der Waals surface area contributed by atoms with Crippen LogP contribution in [0.1, 0.15) is 50.6 Å². The third-order valence-corrected chi connectivity index (χ3v) is 4.88. The first kappa shape index (κ1) is 18.9. The number of halogens is 3. The van der Waals surface area contributed by atoms with E-state index < -0.39 is 17.6 Å². The topological polar surface area (TPSA) is 63.4 Å². The van der Waals surface area contributed by atoms with Crippen LogP contribution >= 0.6 is 0 Å². The lowest BCUT2D eigenvalue weighted by Gasteiger charge is -2.33.